The van der Waals surface area contributed by atoms with Crippen LogP contribution in [0.4, 0.5) is 10.8 Å². The van der Waals surface area contributed by atoms with Crippen LogP contribution in [0.25, 0.3) is 0 Å². The number of anilines is 2. The number of aryl methyl sites for hydroxylation is 1. The Morgan fingerprint density at radius 3 is 2.96 bits per heavy atom. The van der Waals surface area contributed by atoms with Crippen LogP contribution in [0.3, 0.4) is 0 Å². The number of fused-ring (bicyclic) bond motifs is 1. The molecule has 2 heterocycles. The van der Waals surface area contributed by atoms with E-state index in [4.69, 9.17) is 0 Å². The molecule has 3 rings (SSSR count). The Kier molecular flexibility index (Phi) is 5.33. The third-order valence-corrected chi connectivity index (χ3v) is 6.39. The van der Waals surface area contributed by atoms with E-state index in [1.54, 1.807) is 24.6 Å². The fraction of sp³-hybridized carbons (Fsp3) is 0.526. The van der Waals surface area contributed by atoms with E-state index in [0.29, 0.717) is 22.4 Å². The third kappa shape index (κ3) is 3.47. The van der Waals surface area contributed by atoms with E-state index in [9.17, 15) is 10.1 Å². The highest BCUT2D eigenvalue weighted by molar-refractivity contribution is 7.16. The largest absolute Gasteiger partial charge is 0.373 e. The zero-order valence-electron chi connectivity index (χ0n) is 15.7. The van der Waals surface area contributed by atoms with Gasteiger partial charge in [-0.15, -0.1) is 11.3 Å². The van der Waals surface area contributed by atoms with Gasteiger partial charge in [-0.05, 0) is 43.6 Å². The lowest BCUT2D eigenvalue weighted by Crippen LogP contribution is -2.20. The van der Waals surface area contributed by atoms with Crippen molar-refractivity contribution < 1.29 is 4.79 Å². The summed E-state index contributed by atoms with van der Waals surface area (Å²) in [7, 11) is 1.80. The van der Waals surface area contributed by atoms with Crippen molar-refractivity contribution in [3.05, 3.63) is 28.0 Å². The predicted octanol–water partition coefficient (Wildman–Crippen LogP) is 3.57. The van der Waals surface area contributed by atoms with Gasteiger partial charge in [0.05, 0.1) is 11.8 Å². The summed E-state index contributed by atoms with van der Waals surface area (Å²) < 4.78 is 1.82. The second-order valence-electron chi connectivity index (χ2n) is 7.14. The van der Waals surface area contributed by atoms with Crippen molar-refractivity contribution in [2.45, 2.75) is 46.6 Å². The summed E-state index contributed by atoms with van der Waals surface area (Å²) in [5, 5.41) is 16.3. The molecule has 0 saturated heterocycles. The monoisotopic (exact) mass is 371 g/mol. The third-order valence-electron chi connectivity index (χ3n) is 5.22. The van der Waals surface area contributed by atoms with Crippen LogP contribution in [0.15, 0.2) is 6.20 Å². The lowest BCUT2D eigenvalue weighted by atomic mass is 9.81. The molecule has 1 aliphatic carbocycles. The SMILES string of the molecule is CNc1cnc(C)n1CC(=O)Nc1sc2c(c1C#N)CCC(C(C)C)C2. The molecule has 0 fully saturated rings. The maximum Gasteiger partial charge on any atom is 0.245 e. The number of rotatable bonds is 5. The summed E-state index contributed by atoms with van der Waals surface area (Å²) in [6.07, 6.45) is 4.76. The zero-order chi connectivity index (χ0) is 18.8. The first-order chi connectivity index (χ1) is 12.4. The van der Waals surface area contributed by atoms with E-state index in [0.717, 1.165) is 36.5 Å². The van der Waals surface area contributed by atoms with Gasteiger partial charge in [-0.1, -0.05) is 13.8 Å². The van der Waals surface area contributed by atoms with E-state index in [2.05, 4.69) is 35.5 Å². The Morgan fingerprint density at radius 2 is 2.31 bits per heavy atom. The summed E-state index contributed by atoms with van der Waals surface area (Å²) in [6.45, 7) is 6.54. The summed E-state index contributed by atoms with van der Waals surface area (Å²) in [6, 6.07) is 2.31. The lowest BCUT2D eigenvalue weighted by Gasteiger charge is -2.25. The Balaban J connectivity index is 1.79. The van der Waals surface area contributed by atoms with Gasteiger partial charge < -0.3 is 15.2 Å². The van der Waals surface area contributed by atoms with E-state index < -0.39 is 0 Å². The molecular weight excluding hydrogens is 346 g/mol. The molecule has 7 heteroatoms. The Labute approximate surface area is 158 Å². The molecule has 26 heavy (non-hydrogen) atoms. The standard InChI is InChI=1S/C19H25N5OS/c1-11(2)13-5-6-14-15(8-20)19(26-16(14)7-13)23-18(25)10-24-12(3)22-9-17(24)21-4/h9,11,13,21H,5-7,10H2,1-4H3,(H,23,25). The maximum atomic E-state index is 12.6. The number of imidazole rings is 1. The molecule has 0 bridgehead atoms. The molecule has 1 unspecified atom stereocenters. The molecule has 0 radical (unpaired) electrons. The normalized spacial score (nSPS) is 16.2. The van der Waals surface area contributed by atoms with Crippen molar-refractivity contribution in [2.75, 3.05) is 17.7 Å². The first kappa shape index (κ1) is 18.5. The number of nitrogens with zero attached hydrogens (tertiary/aromatic N) is 3. The average molecular weight is 372 g/mol. The van der Waals surface area contributed by atoms with Gasteiger partial charge in [-0.25, -0.2) is 4.98 Å². The van der Waals surface area contributed by atoms with Crippen molar-refractivity contribution in [3.8, 4) is 6.07 Å². The van der Waals surface area contributed by atoms with Crippen molar-refractivity contribution >= 4 is 28.1 Å². The van der Waals surface area contributed by atoms with Crippen LogP contribution in [0.2, 0.25) is 0 Å². The van der Waals surface area contributed by atoms with Crippen molar-refractivity contribution in [1.29, 1.82) is 5.26 Å². The van der Waals surface area contributed by atoms with Gasteiger partial charge in [0.15, 0.2) is 0 Å². The maximum absolute atomic E-state index is 12.6. The van der Waals surface area contributed by atoms with E-state index in [1.165, 1.54) is 4.88 Å². The minimum absolute atomic E-state index is 0.141. The molecule has 0 spiro atoms. The first-order valence-corrected chi connectivity index (χ1v) is 9.80. The molecule has 2 N–H and O–H groups in total. The van der Waals surface area contributed by atoms with Crippen LogP contribution in [-0.4, -0.2) is 22.5 Å². The minimum atomic E-state index is -0.141. The van der Waals surface area contributed by atoms with Crippen LogP contribution in [-0.2, 0) is 24.2 Å². The van der Waals surface area contributed by atoms with Gasteiger partial charge in [-0.3, -0.25) is 4.79 Å². The topological polar surface area (TPSA) is 82.7 Å². The molecule has 2 aromatic rings. The fourth-order valence-corrected chi connectivity index (χ4v) is 4.87. The van der Waals surface area contributed by atoms with Gasteiger partial charge in [0.25, 0.3) is 0 Å². The number of aromatic nitrogens is 2. The first-order valence-electron chi connectivity index (χ1n) is 8.99. The average Bonchev–Trinajstić information content (AvgIpc) is 3.13. The number of nitriles is 1. The van der Waals surface area contributed by atoms with E-state index in [-0.39, 0.29) is 12.5 Å². The summed E-state index contributed by atoms with van der Waals surface area (Å²) in [4.78, 5) is 18.1. The molecule has 0 saturated carbocycles. The van der Waals surface area contributed by atoms with Gasteiger partial charge in [-0.2, -0.15) is 5.26 Å². The van der Waals surface area contributed by atoms with E-state index in [1.807, 2.05) is 11.5 Å². The van der Waals surface area contributed by atoms with Crippen LogP contribution in [0, 0.1) is 30.1 Å². The van der Waals surface area contributed by atoms with E-state index >= 15 is 0 Å². The number of nitrogens with one attached hydrogen (secondary N) is 2. The lowest BCUT2D eigenvalue weighted by molar-refractivity contribution is -0.116. The quantitative estimate of drug-likeness (QED) is 0.842. The number of amides is 1. The number of hydrogen-bond acceptors (Lipinski definition) is 5. The highest BCUT2D eigenvalue weighted by atomic mass is 32.1. The van der Waals surface area contributed by atoms with Crippen LogP contribution >= 0.6 is 11.3 Å². The predicted molar refractivity (Wildman–Crippen MR) is 105 cm³/mol. The molecule has 138 valence electrons. The van der Waals surface area contributed by atoms with Crippen molar-refractivity contribution in [2.24, 2.45) is 11.8 Å². The zero-order valence-corrected chi connectivity index (χ0v) is 16.5. The van der Waals surface area contributed by atoms with Crippen molar-refractivity contribution in [3.63, 3.8) is 0 Å². The number of hydrogen-bond donors (Lipinski definition) is 2. The highest BCUT2D eigenvalue weighted by Crippen LogP contribution is 2.41. The van der Waals surface area contributed by atoms with Crippen molar-refractivity contribution in [1.82, 2.24) is 9.55 Å². The number of thiophene rings is 1. The summed E-state index contributed by atoms with van der Waals surface area (Å²) in [5.74, 6) is 2.72. The molecule has 1 amide bonds. The van der Waals surface area contributed by atoms with Crippen LogP contribution < -0.4 is 10.6 Å². The second-order valence-corrected chi connectivity index (χ2v) is 8.25. The molecule has 0 aromatic carbocycles. The molecule has 1 atom stereocenters. The molecule has 1 aliphatic rings. The summed E-state index contributed by atoms with van der Waals surface area (Å²) in [5.41, 5.74) is 1.79. The highest BCUT2D eigenvalue weighted by Gasteiger charge is 2.27. The minimum Gasteiger partial charge on any atom is -0.373 e. The molecule has 2 aromatic heterocycles. The Hall–Kier alpha value is -2.33. The van der Waals surface area contributed by atoms with Gasteiger partial charge in [0.1, 0.15) is 29.3 Å². The van der Waals surface area contributed by atoms with Crippen LogP contribution in [0.5, 0.6) is 0 Å². The van der Waals surface area contributed by atoms with Crippen LogP contribution in [0.1, 0.15) is 42.1 Å². The number of carbonyl (C=O) groups excluding carboxylic acids is 1. The molecule has 0 aliphatic heterocycles. The Morgan fingerprint density at radius 1 is 1.54 bits per heavy atom. The van der Waals surface area contributed by atoms with Gasteiger partial charge in [0.2, 0.25) is 5.91 Å². The fourth-order valence-electron chi connectivity index (χ4n) is 3.56. The smallest absolute Gasteiger partial charge is 0.245 e. The Bertz CT molecular complexity index is 858. The second kappa shape index (κ2) is 7.50. The molecule has 6 nitrogen and oxygen atoms in total. The molecular formula is C19H25N5OS. The summed E-state index contributed by atoms with van der Waals surface area (Å²) >= 11 is 1.57. The van der Waals surface area contributed by atoms with Gasteiger partial charge >= 0.3 is 0 Å². The van der Waals surface area contributed by atoms with Gasteiger partial charge in [0, 0.05) is 11.9 Å². The number of carbonyl (C=O) groups is 1.